The Morgan fingerprint density at radius 2 is 2.00 bits per heavy atom. The van der Waals surface area contributed by atoms with Crippen molar-refractivity contribution in [3.63, 3.8) is 0 Å². The van der Waals surface area contributed by atoms with Gasteiger partial charge in [0.2, 0.25) is 0 Å². The number of benzene rings is 1. The maximum atomic E-state index is 13.3. The van der Waals surface area contributed by atoms with Crippen LogP contribution in [0.2, 0.25) is 0 Å². The molecule has 1 fully saturated rings. The van der Waals surface area contributed by atoms with E-state index < -0.39 is 11.9 Å². The molecule has 0 radical (unpaired) electrons. The van der Waals surface area contributed by atoms with Gasteiger partial charge in [-0.3, -0.25) is 4.79 Å². The monoisotopic (exact) mass is 265 g/mol. The Morgan fingerprint density at radius 1 is 1.26 bits per heavy atom. The number of carbonyl (C=O) groups excluding carboxylic acids is 1. The van der Waals surface area contributed by atoms with Gasteiger partial charge in [0, 0.05) is 5.56 Å². The Labute approximate surface area is 112 Å². The van der Waals surface area contributed by atoms with Gasteiger partial charge in [-0.2, -0.15) is 0 Å². The number of aryl methyl sites for hydroxylation is 1. The van der Waals surface area contributed by atoms with E-state index in [1.54, 1.807) is 13.0 Å². The number of rotatable bonds is 2. The molecule has 19 heavy (non-hydrogen) atoms. The Bertz CT molecular complexity index is 441. The second-order valence-corrected chi connectivity index (χ2v) is 5.30. The van der Waals surface area contributed by atoms with E-state index in [4.69, 9.17) is 0 Å². The summed E-state index contributed by atoms with van der Waals surface area (Å²) in [6, 6.07) is 4.04. The van der Waals surface area contributed by atoms with Gasteiger partial charge < -0.3 is 10.4 Å². The fraction of sp³-hybridized carbons (Fsp3) is 0.533. The highest BCUT2D eigenvalue weighted by atomic mass is 19.1. The predicted molar refractivity (Wildman–Crippen MR) is 71.5 cm³/mol. The first-order chi connectivity index (χ1) is 9.06. The van der Waals surface area contributed by atoms with Gasteiger partial charge in [0.1, 0.15) is 5.82 Å². The van der Waals surface area contributed by atoms with Gasteiger partial charge in [0.05, 0.1) is 12.1 Å². The van der Waals surface area contributed by atoms with E-state index in [1.165, 1.54) is 12.1 Å². The average molecular weight is 265 g/mol. The summed E-state index contributed by atoms with van der Waals surface area (Å²) >= 11 is 0. The van der Waals surface area contributed by atoms with E-state index in [2.05, 4.69) is 5.32 Å². The molecule has 2 rings (SSSR count). The van der Waals surface area contributed by atoms with Crippen LogP contribution in [-0.2, 0) is 0 Å². The molecule has 1 aliphatic rings. The number of hydrogen-bond acceptors (Lipinski definition) is 2. The van der Waals surface area contributed by atoms with Crippen molar-refractivity contribution in [1.82, 2.24) is 5.32 Å². The molecule has 0 heterocycles. The molecule has 0 spiro atoms. The normalized spacial score (nSPS) is 23.7. The van der Waals surface area contributed by atoms with Crippen molar-refractivity contribution in [1.29, 1.82) is 0 Å². The minimum Gasteiger partial charge on any atom is -0.391 e. The minimum absolute atomic E-state index is 0.224. The quantitative estimate of drug-likeness (QED) is 0.807. The first-order valence-corrected chi connectivity index (χ1v) is 6.82. The molecule has 1 saturated carbocycles. The largest absolute Gasteiger partial charge is 0.391 e. The number of halogens is 1. The van der Waals surface area contributed by atoms with Gasteiger partial charge in [-0.05, 0) is 43.5 Å². The molecule has 2 atom stereocenters. The first kappa shape index (κ1) is 14.0. The van der Waals surface area contributed by atoms with Crippen LogP contribution in [-0.4, -0.2) is 23.2 Å². The summed E-state index contributed by atoms with van der Waals surface area (Å²) in [5.41, 5.74) is 1.03. The third-order valence-corrected chi connectivity index (χ3v) is 3.60. The number of carbonyl (C=O) groups is 1. The number of hydrogen-bond donors (Lipinski definition) is 2. The molecule has 1 amide bonds. The molecule has 0 saturated heterocycles. The molecule has 0 aliphatic heterocycles. The third kappa shape index (κ3) is 3.77. The summed E-state index contributed by atoms with van der Waals surface area (Å²) in [5, 5.41) is 12.8. The maximum Gasteiger partial charge on any atom is 0.251 e. The molecule has 1 aromatic rings. The highest BCUT2D eigenvalue weighted by molar-refractivity contribution is 5.94. The predicted octanol–water partition coefficient (Wildman–Crippen LogP) is 2.56. The standard InChI is InChI=1S/C15H20FNO2/c1-10-7-11(9-12(16)8-10)15(19)17-13-5-3-2-4-6-14(13)18/h7-9,13-14,18H,2-6H2,1H3,(H,17,19). The van der Waals surface area contributed by atoms with Crippen LogP contribution in [0.3, 0.4) is 0 Å². The van der Waals surface area contributed by atoms with Crippen LogP contribution in [0.5, 0.6) is 0 Å². The molecule has 4 heteroatoms. The van der Waals surface area contributed by atoms with E-state index in [0.29, 0.717) is 17.5 Å². The smallest absolute Gasteiger partial charge is 0.251 e. The van der Waals surface area contributed by atoms with Crippen molar-refractivity contribution in [2.24, 2.45) is 0 Å². The molecule has 1 aliphatic carbocycles. The highest BCUT2D eigenvalue weighted by Crippen LogP contribution is 2.18. The Hall–Kier alpha value is -1.42. The lowest BCUT2D eigenvalue weighted by atomic mass is 10.0. The summed E-state index contributed by atoms with van der Waals surface area (Å²) in [6.45, 7) is 1.75. The molecule has 1 aromatic carbocycles. The molecule has 2 N–H and O–H groups in total. The first-order valence-electron chi connectivity index (χ1n) is 6.82. The van der Waals surface area contributed by atoms with Gasteiger partial charge in [-0.15, -0.1) is 0 Å². The summed E-state index contributed by atoms with van der Waals surface area (Å²) in [4.78, 5) is 12.1. The maximum absolute atomic E-state index is 13.3. The zero-order valence-electron chi connectivity index (χ0n) is 11.2. The van der Waals surface area contributed by atoms with Crippen LogP contribution in [0.1, 0.15) is 48.0 Å². The minimum atomic E-state index is -0.499. The Morgan fingerprint density at radius 3 is 2.74 bits per heavy atom. The fourth-order valence-corrected chi connectivity index (χ4v) is 2.58. The van der Waals surface area contributed by atoms with Crippen LogP contribution in [0.4, 0.5) is 4.39 Å². The number of nitrogens with one attached hydrogen (secondary N) is 1. The number of aliphatic hydroxyl groups excluding tert-OH is 1. The zero-order chi connectivity index (χ0) is 13.8. The third-order valence-electron chi connectivity index (χ3n) is 3.60. The zero-order valence-corrected chi connectivity index (χ0v) is 11.2. The second kappa shape index (κ2) is 6.15. The molecule has 2 unspecified atom stereocenters. The lowest BCUT2D eigenvalue weighted by Crippen LogP contribution is -2.42. The highest BCUT2D eigenvalue weighted by Gasteiger charge is 2.23. The van der Waals surface area contributed by atoms with Crippen LogP contribution in [0.15, 0.2) is 18.2 Å². The molecular formula is C15H20FNO2. The van der Waals surface area contributed by atoms with E-state index in [9.17, 15) is 14.3 Å². The number of aliphatic hydroxyl groups is 1. The van der Waals surface area contributed by atoms with Crippen molar-refractivity contribution >= 4 is 5.91 Å². The van der Waals surface area contributed by atoms with Crippen LogP contribution < -0.4 is 5.32 Å². The van der Waals surface area contributed by atoms with E-state index in [0.717, 1.165) is 25.7 Å². The van der Waals surface area contributed by atoms with Crippen LogP contribution >= 0.6 is 0 Å². The Kier molecular flexibility index (Phi) is 4.53. The van der Waals surface area contributed by atoms with Crippen LogP contribution in [0.25, 0.3) is 0 Å². The van der Waals surface area contributed by atoms with Gasteiger partial charge in [-0.25, -0.2) is 4.39 Å². The molecule has 0 bridgehead atoms. The van der Waals surface area contributed by atoms with Crippen molar-refractivity contribution in [3.05, 3.63) is 35.1 Å². The topological polar surface area (TPSA) is 49.3 Å². The van der Waals surface area contributed by atoms with Crippen LogP contribution in [0, 0.1) is 12.7 Å². The van der Waals surface area contributed by atoms with Crippen molar-refractivity contribution in [2.45, 2.75) is 51.2 Å². The van der Waals surface area contributed by atoms with E-state index in [-0.39, 0.29) is 11.9 Å². The Balaban J connectivity index is 2.07. The molecule has 3 nitrogen and oxygen atoms in total. The van der Waals surface area contributed by atoms with Gasteiger partial charge in [-0.1, -0.05) is 19.3 Å². The molecular weight excluding hydrogens is 245 g/mol. The summed E-state index contributed by atoms with van der Waals surface area (Å²) in [5.74, 6) is -0.722. The van der Waals surface area contributed by atoms with E-state index >= 15 is 0 Å². The summed E-state index contributed by atoms with van der Waals surface area (Å²) in [6.07, 6.45) is 4.08. The SMILES string of the molecule is Cc1cc(F)cc(C(=O)NC2CCCCCC2O)c1. The summed E-state index contributed by atoms with van der Waals surface area (Å²) in [7, 11) is 0. The lowest BCUT2D eigenvalue weighted by molar-refractivity contribution is 0.0818. The number of amides is 1. The van der Waals surface area contributed by atoms with Crippen molar-refractivity contribution < 1.29 is 14.3 Å². The van der Waals surface area contributed by atoms with Crippen molar-refractivity contribution in [3.8, 4) is 0 Å². The second-order valence-electron chi connectivity index (χ2n) is 5.30. The van der Waals surface area contributed by atoms with E-state index in [1.807, 2.05) is 0 Å². The van der Waals surface area contributed by atoms with Gasteiger partial charge >= 0.3 is 0 Å². The lowest BCUT2D eigenvalue weighted by Gasteiger charge is -2.21. The summed E-state index contributed by atoms with van der Waals surface area (Å²) < 4.78 is 13.3. The molecule has 104 valence electrons. The molecule has 0 aromatic heterocycles. The average Bonchev–Trinajstić information content (AvgIpc) is 2.54. The van der Waals surface area contributed by atoms with Gasteiger partial charge in [0.15, 0.2) is 0 Å². The fourth-order valence-electron chi connectivity index (χ4n) is 2.58. The van der Waals surface area contributed by atoms with Crippen molar-refractivity contribution in [2.75, 3.05) is 0 Å². The van der Waals surface area contributed by atoms with Gasteiger partial charge in [0.25, 0.3) is 5.91 Å².